The van der Waals surface area contributed by atoms with Crippen LogP contribution in [0.4, 0.5) is 0 Å². The van der Waals surface area contributed by atoms with Gasteiger partial charge in [0.2, 0.25) is 11.7 Å². The first-order chi connectivity index (χ1) is 15.0. The van der Waals surface area contributed by atoms with Crippen molar-refractivity contribution < 1.29 is 18.8 Å². The van der Waals surface area contributed by atoms with Crippen LogP contribution >= 0.6 is 0 Å². The number of rotatable bonds is 7. The summed E-state index contributed by atoms with van der Waals surface area (Å²) in [6, 6.07) is 21.1. The van der Waals surface area contributed by atoms with Crippen LogP contribution in [-0.4, -0.2) is 41.2 Å². The molecular weight excluding hydrogens is 394 g/mol. The zero-order valence-corrected chi connectivity index (χ0v) is 17.6. The molecule has 1 aromatic heterocycles. The van der Waals surface area contributed by atoms with Crippen LogP contribution < -0.4 is 9.47 Å². The van der Waals surface area contributed by atoms with Gasteiger partial charge >= 0.3 is 0 Å². The molecule has 4 aromatic rings. The molecule has 0 aliphatic carbocycles. The highest BCUT2D eigenvalue weighted by atomic mass is 16.5. The SMILES string of the molecule is COc1ccc(-c2noc(CN(C)C(=O)[C@H](C)Oc3cccc4ccccc34)n2)cc1. The van der Waals surface area contributed by atoms with Gasteiger partial charge < -0.3 is 18.9 Å². The maximum Gasteiger partial charge on any atom is 0.263 e. The molecule has 1 heterocycles. The summed E-state index contributed by atoms with van der Waals surface area (Å²) in [5.41, 5.74) is 0.803. The van der Waals surface area contributed by atoms with E-state index in [1.807, 2.05) is 66.7 Å². The first-order valence-electron chi connectivity index (χ1n) is 9.91. The average Bonchev–Trinajstić information content (AvgIpc) is 3.27. The third-order valence-corrected chi connectivity index (χ3v) is 4.97. The third kappa shape index (κ3) is 4.50. The van der Waals surface area contributed by atoms with Gasteiger partial charge in [0.1, 0.15) is 11.5 Å². The van der Waals surface area contributed by atoms with Crippen molar-refractivity contribution in [3.63, 3.8) is 0 Å². The Hall–Kier alpha value is -3.87. The van der Waals surface area contributed by atoms with Crippen LogP contribution in [0.25, 0.3) is 22.2 Å². The molecule has 0 spiro atoms. The Morgan fingerprint density at radius 1 is 1.06 bits per heavy atom. The van der Waals surface area contributed by atoms with Gasteiger partial charge in [0.25, 0.3) is 5.91 Å². The van der Waals surface area contributed by atoms with E-state index in [4.69, 9.17) is 14.0 Å². The van der Waals surface area contributed by atoms with Crippen LogP contribution in [0.1, 0.15) is 12.8 Å². The maximum atomic E-state index is 12.8. The van der Waals surface area contributed by atoms with Crippen LogP contribution in [0.2, 0.25) is 0 Å². The summed E-state index contributed by atoms with van der Waals surface area (Å²) in [5.74, 6) is 2.04. The first kappa shape index (κ1) is 20.4. The molecular formula is C24H23N3O4. The third-order valence-electron chi connectivity index (χ3n) is 4.97. The van der Waals surface area contributed by atoms with E-state index in [2.05, 4.69) is 10.1 Å². The van der Waals surface area contributed by atoms with Gasteiger partial charge in [-0.15, -0.1) is 0 Å². The number of ether oxygens (including phenoxy) is 2. The van der Waals surface area contributed by atoms with Gasteiger partial charge in [-0.1, -0.05) is 41.6 Å². The summed E-state index contributed by atoms with van der Waals surface area (Å²) in [5, 5.41) is 6.03. The predicted octanol–water partition coefficient (Wildman–Crippen LogP) is 4.32. The van der Waals surface area contributed by atoms with Crippen LogP contribution in [0.15, 0.2) is 71.3 Å². The van der Waals surface area contributed by atoms with E-state index in [1.165, 1.54) is 4.90 Å². The van der Waals surface area contributed by atoms with Crippen molar-refractivity contribution in [3.8, 4) is 22.9 Å². The van der Waals surface area contributed by atoms with Crippen molar-refractivity contribution in [2.24, 2.45) is 0 Å². The van der Waals surface area contributed by atoms with Crippen molar-refractivity contribution in [1.82, 2.24) is 15.0 Å². The molecule has 3 aromatic carbocycles. The van der Waals surface area contributed by atoms with Crippen molar-refractivity contribution in [2.45, 2.75) is 19.6 Å². The van der Waals surface area contributed by atoms with E-state index in [1.54, 1.807) is 21.1 Å². The quantitative estimate of drug-likeness (QED) is 0.446. The Kier molecular flexibility index (Phi) is 5.84. The van der Waals surface area contributed by atoms with Crippen LogP contribution in [0.5, 0.6) is 11.5 Å². The molecule has 1 amide bonds. The van der Waals surface area contributed by atoms with Crippen LogP contribution in [0.3, 0.4) is 0 Å². The minimum atomic E-state index is -0.667. The van der Waals surface area contributed by atoms with Crippen molar-refractivity contribution in [1.29, 1.82) is 0 Å². The zero-order chi connectivity index (χ0) is 21.8. The Morgan fingerprint density at radius 2 is 1.81 bits per heavy atom. The van der Waals surface area contributed by atoms with Crippen LogP contribution in [-0.2, 0) is 11.3 Å². The average molecular weight is 417 g/mol. The molecule has 31 heavy (non-hydrogen) atoms. The van der Waals surface area contributed by atoms with Gasteiger partial charge in [-0.2, -0.15) is 4.98 Å². The lowest BCUT2D eigenvalue weighted by molar-refractivity contribution is -0.137. The highest BCUT2D eigenvalue weighted by Crippen LogP contribution is 2.26. The number of amides is 1. The van der Waals surface area contributed by atoms with Gasteiger partial charge in [-0.25, -0.2) is 0 Å². The minimum absolute atomic E-state index is 0.183. The lowest BCUT2D eigenvalue weighted by Crippen LogP contribution is -2.37. The van der Waals surface area contributed by atoms with Crippen LogP contribution in [0, 0.1) is 0 Å². The monoisotopic (exact) mass is 417 g/mol. The fourth-order valence-electron chi connectivity index (χ4n) is 3.31. The molecule has 1 atom stereocenters. The van der Waals surface area contributed by atoms with Gasteiger partial charge in [0.15, 0.2) is 6.10 Å². The van der Waals surface area contributed by atoms with Crippen molar-refractivity contribution in [3.05, 3.63) is 72.6 Å². The largest absolute Gasteiger partial charge is 0.497 e. The van der Waals surface area contributed by atoms with Gasteiger partial charge in [0, 0.05) is 18.0 Å². The zero-order valence-electron chi connectivity index (χ0n) is 17.6. The van der Waals surface area contributed by atoms with E-state index in [-0.39, 0.29) is 12.5 Å². The molecule has 0 N–H and O–H groups in total. The summed E-state index contributed by atoms with van der Waals surface area (Å²) in [6.45, 7) is 1.92. The van der Waals surface area contributed by atoms with Crippen molar-refractivity contribution >= 4 is 16.7 Å². The van der Waals surface area contributed by atoms with E-state index in [0.717, 1.165) is 22.1 Å². The Morgan fingerprint density at radius 3 is 2.58 bits per heavy atom. The summed E-state index contributed by atoms with van der Waals surface area (Å²) >= 11 is 0. The summed E-state index contributed by atoms with van der Waals surface area (Å²) in [6.07, 6.45) is -0.667. The fourth-order valence-corrected chi connectivity index (χ4v) is 3.31. The van der Waals surface area contributed by atoms with Gasteiger partial charge in [-0.3, -0.25) is 4.79 Å². The number of nitrogens with zero attached hydrogens (tertiary/aromatic N) is 3. The molecule has 0 aliphatic rings. The lowest BCUT2D eigenvalue weighted by atomic mass is 10.1. The molecule has 0 saturated carbocycles. The molecule has 0 aliphatic heterocycles. The second kappa shape index (κ2) is 8.87. The highest BCUT2D eigenvalue weighted by Gasteiger charge is 2.22. The van der Waals surface area contributed by atoms with E-state index >= 15 is 0 Å². The molecule has 7 nitrogen and oxygen atoms in total. The molecule has 0 fully saturated rings. The van der Waals surface area contributed by atoms with Gasteiger partial charge in [0.05, 0.1) is 13.7 Å². The number of aromatic nitrogens is 2. The first-order valence-corrected chi connectivity index (χ1v) is 9.91. The molecule has 0 bridgehead atoms. The number of hydrogen-bond acceptors (Lipinski definition) is 6. The smallest absolute Gasteiger partial charge is 0.263 e. The lowest BCUT2D eigenvalue weighted by Gasteiger charge is -2.21. The Balaban J connectivity index is 1.41. The standard InChI is InChI=1S/C24H23N3O4/c1-16(30-21-10-6-8-17-7-4-5-9-20(17)21)24(28)27(2)15-22-25-23(26-31-22)18-11-13-19(29-3)14-12-18/h4-14,16H,15H2,1-3H3/t16-/m0/s1. The Bertz CT molecular complexity index is 1180. The summed E-state index contributed by atoms with van der Waals surface area (Å²) in [4.78, 5) is 18.7. The number of hydrogen-bond donors (Lipinski definition) is 0. The van der Waals surface area contributed by atoms with Crippen molar-refractivity contribution in [2.75, 3.05) is 14.2 Å². The molecule has 4 rings (SSSR count). The summed E-state index contributed by atoms with van der Waals surface area (Å²) < 4.78 is 16.5. The predicted molar refractivity (Wildman–Crippen MR) is 117 cm³/mol. The second-order valence-corrected chi connectivity index (χ2v) is 7.17. The number of fused-ring (bicyclic) bond motifs is 1. The molecule has 0 unspecified atom stereocenters. The minimum Gasteiger partial charge on any atom is -0.497 e. The maximum absolute atomic E-state index is 12.8. The fraction of sp³-hybridized carbons (Fsp3) is 0.208. The number of carbonyl (C=O) groups is 1. The normalized spacial score (nSPS) is 11.8. The number of benzene rings is 3. The Labute approximate surface area is 180 Å². The molecule has 7 heteroatoms. The number of likely N-dealkylation sites (N-methyl/N-ethyl adjacent to an activating group) is 1. The van der Waals surface area contributed by atoms with E-state index in [9.17, 15) is 4.79 Å². The second-order valence-electron chi connectivity index (χ2n) is 7.17. The summed E-state index contributed by atoms with van der Waals surface area (Å²) in [7, 11) is 3.29. The molecule has 158 valence electrons. The van der Waals surface area contributed by atoms with E-state index < -0.39 is 6.10 Å². The topological polar surface area (TPSA) is 77.7 Å². The molecule has 0 saturated heterocycles. The number of methoxy groups -OCH3 is 1. The number of carbonyl (C=O) groups excluding carboxylic acids is 1. The van der Waals surface area contributed by atoms with E-state index in [0.29, 0.717) is 17.5 Å². The molecule has 0 radical (unpaired) electrons. The highest BCUT2D eigenvalue weighted by molar-refractivity contribution is 5.89. The van der Waals surface area contributed by atoms with Gasteiger partial charge in [-0.05, 0) is 42.6 Å².